The van der Waals surface area contributed by atoms with Gasteiger partial charge in [-0.25, -0.2) is 4.98 Å². The molecule has 1 amide bonds. The molecule has 9 heteroatoms. The van der Waals surface area contributed by atoms with Crippen molar-refractivity contribution in [3.63, 3.8) is 0 Å². The number of hydrogen-bond acceptors (Lipinski definition) is 7. The summed E-state index contributed by atoms with van der Waals surface area (Å²) in [5, 5.41) is 12.5. The highest BCUT2D eigenvalue weighted by Gasteiger charge is 2.27. The van der Waals surface area contributed by atoms with Crippen molar-refractivity contribution in [3.8, 4) is 0 Å². The Kier molecular flexibility index (Phi) is 6.18. The first-order valence-corrected chi connectivity index (χ1v) is 12.0. The van der Waals surface area contributed by atoms with Crippen molar-refractivity contribution < 1.29 is 9.72 Å². The highest BCUT2D eigenvalue weighted by Crippen LogP contribution is 2.34. The van der Waals surface area contributed by atoms with Gasteiger partial charge >= 0.3 is 0 Å². The number of carbonyl (C=O) groups is 1. The van der Waals surface area contributed by atoms with Crippen LogP contribution in [0.2, 0.25) is 0 Å². The molecule has 5 rings (SSSR count). The van der Waals surface area contributed by atoms with Gasteiger partial charge in [-0.3, -0.25) is 24.8 Å². The fourth-order valence-corrected chi connectivity index (χ4v) is 5.20. The van der Waals surface area contributed by atoms with Gasteiger partial charge < -0.3 is 4.90 Å². The molecule has 1 fully saturated rings. The Morgan fingerprint density at radius 3 is 2.65 bits per heavy atom. The number of rotatable bonds is 6. The van der Waals surface area contributed by atoms with Crippen molar-refractivity contribution in [2.75, 3.05) is 22.9 Å². The third-order valence-electron chi connectivity index (χ3n) is 5.94. The number of fused-ring (bicyclic) bond motifs is 1. The smallest absolute Gasteiger partial charge is 0.293 e. The van der Waals surface area contributed by atoms with E-state index in [-0.39, 0.29) is 23.7 Å². The lowest BCUT2D eigenvalue weighted by Crippen LogP contribution is -2.31. The summed E-state index contributed by atoms with van der Waals surface area (Å²) in [4.78, 5) is 37.7. The summed E-state index contributed by atoms with van der Waals surface area (Å²) < 4.78 is 0.966. The van der Waals surface area contributed by atoms with Crippen LogP contribution in [0.5, 0.6) is 0 Å². The Hall–Kier alpha value is -3.85. The molecule has 1 aliphatic heterocycles. The number of aromatic nitrogens is 2. The maximum absolute atomic E-state index is 13.7. The van der Waals surface area contributed by atoms with Crippen molar-refractivity contribution in [2.24, 2.45) is 0 Å². The average Bonchev–Trinajstić information content (AvgIpc) is 3.31. The molecule has 0 saturated carbocycles. The zero-order valence-corrected chi connectivity index (χ0v) is 19.3. The van der Waals surface area contributed by atoms with Gasteiger partial charge in [0.15, 0.2) is 5.13 Å². The Morgan fingerprint density at radius 2 is 1.91 bits per heavy atom. The zero-order valence-electron chi connectivity index (χ0n) is 18.5. The predicted octanol–water partition coefficient (Wildman–Crippen LogP) is 5.44. The van der Waals surface area contributed by atoms with E-state index < -0.39 is 4.92 Å². The summed E-state index contributed by atoms with van der Waals surface area (Å²) in [7, 11) is 0. The third kappa shape index (κ3) is 4.47. The van der Waals surface area contributed by atoms with Crippen molar-refractivity contribution in [1.82, 2.24) is 9.97 Å². The van der Waals surface area contributed by atoms with Gasteiger partial charge in [0, 0.05) is 37.1 Å². The van der Waals surface area contributed by atoms with Crippen LogP contribution < -0.4 is 9.80 Å². The van der Waals surface area contributed by atoms with Gasteiger partial charge in [-0.15, -0.1) is 0 Å². The highest BCUT2D eigenvalue weighted by molar-refractivity contribution is 7.22. The fraction of sp³-hybridized carbons (Fsp3) is 0.240. The number of thiazole rings is 1. The second-order valence-electron chi connectivity index (χ2n) is 8.23. The van der Waals surface area contributed by atoms with Crippen LogP contribution in [0.3, 0.4) is 0 Å². The number of nitrogens with zero attached hydrogens (tertiary/aromatic N) is 5. The summed E-state index contributed by atoms with van der Waals surface area (Å²) in [6, 6.07) is 16.2. The lowest BCUT2D eigenvalue weighted by Gasteiger charge is -2.28. The van der Waals surface area contributed by atoms with Crippen LogP contribution in [-0.2, 0) is 6.54 Å². The van der Waals surface area contributed by atoms with E-state index in [2.05, 4.69) is 9.97 Å². The second-order valence-corrected chi connectivity index (χ2v) is 9.23. The second kappa shape index (κ2) is 9.56. The number of anilines is 2. The number of piperidine rings is 1. The number of nitro groups is 1. The molecule has 34 heavy (non-hydrogen) atoms. The summed E-state index contributed by atoms with van der Waals surface area (Å²) >= 11 is 1.42. The normalized spacial score (nSPS) is 13.7. The molecule has 0 unspecified atom stereocenters. The maximum Gasteiger partial charge on any atom is 0.293 e. The minimum atomic E-state index is -0.399. The van der Waals surface area contributed by atoms with E-state index >= 15 is 0 Å². The van der Waals surface area contributed by atoms with Crippen molar-refractivity contribution in [2.45, 2.75) is 25.8 Å². The molecule has 4 aromatic rings. The number of nitro benzene ring substituents is 1. The molecule has 0 radical (unpaired) electrons. The molecule has 2 aromatic carbocycles. The molecule has 0 aliphatic carbocycles. The Morgan fingerprint density at radius 1 is 1.09 bits per heavy atom. The number of benzene rings is 2. The highest BCUT2D eigenvalue weighted by atomic mass is 32.1. The van der Waals surface area contributed by atoms with Gasteiger partial charge in [0.25, 0.3) is 11.6 Å². The first-order chi connectivity index (χ1) is 16.6. The number of para-hydroxylation sites is 1. The number of hydrogen-bond donors (Lipinski definition) is 0. The summed E-state index contributed by atoms with van der Waals surface area (Å²) in [6.07, 6.45) is 6.53. The monoisotopic (exact) mass is 473 g/mol. The lowest BCUT2D eigenvalue weighted by atomic mass is 10.1. The Labute approximate surface area is 200 Å². The van der Waals surface area contributed by atoms with E-state index in [0.29, 0.717) is 10.8 Å². The van der Waals surface area contributed by atoms with Gasteiger partial charge in [-0.05, 0) is 55.2 Å². The fourth-order valence-electron chi connectivity index (χ4n) is 4.24. The van der Waals surface area contributed by atoms with Crippen molar-refractivity contribution in [3.05, 3.63) is 88.2 Å². The van der Waals surface area contributed by atoms with Crippen LogP contribution in [-0.4, -0.2) is 33.9 Å². The van der Waals surface area contributed by atoms with Crippen molar-refractivity contribution >= 4 is 44.0 Å². The number of carbonyl (C=O) groups excluding carboxylic acids is 1. The molecular weight excluding hydrogens is 450 g/mol. The molecule has 0 bridgehead atoms. The van der Waals surface area contributed by atoms with Crippen LogP contribution in [0.25, 0.3) is 10.2 Å². The molecular formula is C25H23N5O3S. The van der Waals surface area contributed by atoms with Gasteiger partial charge in [-0.2, -0.15) is 0 Å². The quantitative estimate of drug-likeness (QED) is 0.274. The van der Waals surface area contributed by atoms with E-state index in [4.69, 9.17) is 0 Å². The van der Waals surface area contributed by atoms with E-state index in [0.717, 1.165) is 48.1 Å². The van der Waals surface area contributed by atoms with E-state index in [1.165, 1.54) is 17.4 Å². The van der Waals surface area contributed by atoms with Gasteiger partial charge in [0.1, 0.15) is 5.69 Å². The molecule has 172 valence electrons. The van der Waals surface area contributed by atoms with Gasteiger partial charge in [0.2, 0.25) is 0 Å². The lowest BCUT2D eigenvalue weighted by molar-refractivity contribution is -0.384. The van der Waals surface area contributed by atoms with Crippen molar-refractivity contribution in [1.29, 1.82) is 0 Å². The molecule has 0 spiro atoms. The maximum atomic E-state index is 13.7. The van der Waals surface area contributed by atoms with Crippen LogP contribution in [0, 0.1) is 10.1 Å². The molecule has 1 saturated heterocycles. The van der Waals surface area contributed by atoms with Crippen LogP contribution in [0.1, 0.15) is 35.2 Å². The minimum absolute atomic E-state index is 0.0432. The van der Waals surface area contributed by atoms with Crippen LogP contribution >= 0.6 is 11.3 Å². The van der Waals surface area contributed by atoms with Crippen LogP contribution in [0.4, 0.5) is 16.5 Å². The number of pyridine rings is 1. The van der Waals surface area contributed by atoms with E-state index in [9.17, 15) is 14.9 Å². The Balaban J connectivity index is 1.53. The Bertz CT molecular complexity index is 1300. The first-order valence-electron chi connectivity index (χ1n) is 11.2. The summed E-state index contributed by atoms with van der Waals surface area (Å²) in [5.41, 5.74) is 2.43. The molecule has 8 nitrogen and oxygen atoms in total. The SMILES string of the molecule is O=C(c1ccc(N2CCCCC2)c([N+](=O)[O-])c1)N(Cc1cccnc1)c1nc2ccccc2s1. The van der Waals surface area contributed by atoms with Gasteiger partial charge in [-0.1, -0.05) is 29.5 Å². The number of amides is 1. The van der Waals surface area contributed by atoms with E-state index in [1.807, 2.05) is 41.3 Å². The first kappa shape index (κ1) is 22.0. The van der Waals surface area contributed by atoms with Crippen LogP contribution in [0.15, 0.2) is 67.0 Å². The predicted molar refractivity (Wildman–Crippen MR) is 134 cm³/mol. The van der Waals surface area contributed by atoms with E-state index in [1.54, 1.807) is 29.4 Å². The zero-order chi connectivity index (χ0) is 23.5. The molecule has 0 atom stereocenters. The molecule has 1 aliphatic rings. The summed E-state index contributed by atoms with van der Waals surface area (Å²) in [6.45, 7) is 1.83. The summed E-state index contributed by atoms with van der Waals surface area (Å²) in [5.74, 6) is -0.337. The molecule has 2 aromatic heterocycles. The molecule has 0 N–H and O–H groups in total. The standard InChI is InChI=1S/C25H23N5O3S/c31-24(19-10-11-21(22(15-19)30(32)33)28-13-4-1-5-14-28)29(17-18-7-6-12-26-16-18)25-27-20-8-2-3-9-23(20)34-25/h2-3,6-12,15-16H,1,4-5,13-14,17H2. The molecule has 3 heterocycles. The third-order valence-corrected chi connectivity index (χ3v) is 7.00. The van der Waals surface area contributed by atoms with Gasteiger partial charge in [0.05, 0.1) is 21.7 Å². The topological polar surface area (TPSA) is 92.5 Å². The average molecular weight is 474 g/mol. The largest absolute Gasteiger partial charge is 0.366 e. The minimum Gasteiger partial charge on any atom is -0.366 e.